The molecular formula is C17H17FN6O2. The highest BCUT2D eigenvalue weighted by atomic mass is 19.1. The maximum absolute atomic E-state index is 14.9. The number of hydrogen-bond donors (Lipinski definition) is 1. The number of halogens is 1. The minimum atomic E-state index is -0.763. The number of ether oxygens (including phenoxy) is 1. The molecule has 0 spiro atoms. The molecule has 26 heavy (non-hydrogen) atoms. The van der Waals surface area contributed by atoms with Crippen molar-refractivity contribution >= 4 is 11.7 Å². The molecule has 0 radical (unpaired) electrons. The van der Waals surface area contributed by atoms with Gasteiger partial charge >= 0.3 is 0 Å². The zero-order valence-electron chi connectivity index (χ0n) is 14.7. The smallest absolute Gasteiger partial charge is 0.253 e. The van der Waals surface area contributed by atoms with E-state index in [1.165, 1.54) is 31.1 Å². The van der Waals surface area contributed by atoms with Crippen LogP contribution in [-0.4, -0.2) is 37.7 Å². The number of aromatic nitrogens is 5. The van der Waals surface area contributed by atoms with Gasteiger partial charge in [-0.25, -0.2) is 14.1 Å². The number of carbonyl (C=O) groups excluding carboxylic acids is 1. The number of aryl methyl sites for hydroxylation is 2. The van der Waals surface area contributed by atoms with Gasteiger partial charge in [-0.1, -0.05) is 0 Å². The molecule has 3 heterocycles. The number of anilines is 1. The van der Waals surface area contributed by atoms with Crippen molar-refractivity contribution in [1.82, 2.24) is 24.7 Å². The van der Waals surface area contributed by atoms with E-state index in [2.05, 4.69) is 25.4 Å². The molecule has 8 nitrogen and oxygen atoms in total. The monoisotopic (exact) mass is 356 g/mol. The molecule has 0 saturated heterocycles. The van der Waals surface area contributed by atoms with E-state index < -0.39 is 11.7 Å². The van der Waals surface area contributed by atoms with E-state index in [4.69, 9.17) is 4.74 Å². The van der Waals surface area contributed by atoms with Gasteiger partial charge in [-0.15, -0.1) is 0 Å². The van der Waals surface area contributed by atoms with Crippen molar-refractivity contribution in [1.29, 1.82) is 0 Å². The third-order valence-electron chi connectivity index (χ3n) is 3.56. The number of nitrogens with zero attached hydrogens (tertiary/aromatic N) is 5. The molecule has 0 atom stereocenters. The highest BCUT2D eigenvalue weighted by Crippen LogP contribution is 2.28. The highest BCUT2D eigenvalue weighted by molar-refractivity contribution is 5.88. The van der Waals surface area contributed by atoms with Crippen LogP contribution in [0, 0.1) is 19.7 Å². The summed E-state index contributed by atoms with van der Waals surface area (Å²) in [5.41, 5.74) is 1.91. The first kappa shape index (κ1) is 17.5. The average molecular weight is 356 g/mol. The van der Waals surface area contributed by atoms with Gasteiger partial charge in [0.25, 0.3) is 5.95 Å². The van der Waals surface area contributed by atoms with Gasteiger partial charge in [0.1, 0.15) is 11.4 Å². The van der Waals surface area contributed by atoms with Crippen molar-refractivity contribution in [3.63, 3.8) is 0 Å². The predicted octanol–water partition coefficient (Wildman–Crippen LogP) is 2.45. The van der Waals surface area contributed by atoms with Gasteiger partial charge < -0.3 is 10.1 Å². The Labute approximate surface area is 149 Å². The Balaban J connectivity index is 2.23. The molecule has 0 fully saturated rings. The summed E-state index contributed by atoms with van der Waals surface area (Å²) < 4.78 is 21.5. The SMILES string of the molecule is COc1cncc(-c2nc(-n3nc(C)cc3C)nc(NC(C)=O)c2F)c1. The Morgan fingerprint density at radius 2 is 2.00 bits per heavy atom. The number of nitrogens with one attached hydrogen (secondary N) is 1. The lowest BCUT2D eigenvalue weighted by molar-refractivity contribution is -0.114. The van der Waals surface area contributed by atoms with Crippen LogP contribution in [0.3, 0.4) is 0 Å². The van der Waals surface area contributed by atoms with Crippen molar-refractivity contribution in [3.8, 4) is 23.0 Å². The Morgan fingerprint density at radius 1 is 1.23 bits per heavy atom. The molecule has 0 saturated carbocycles. The maximum Gasteiger partial charge on any atom is 0.253 e. The van der Waals surface area contributed by atoms with Crippen molar-refractivity contribution in [2.45, 2.75) is 20.8 Å². The zero-order valence-corrected chi connectivity index (χ0v) is 14.7. The predicted molar refractivity (Wildman–Crippen MR) is 92.7 cm³/mol. The number of carbonyl (C=O) groups is 1. The van der Waals surface area contributed by atoms with Crippen molar-refractivity contribution in [3.05, 3.63) is 41.7 Å². The van der Waals surface area contributed by atoms with Crippen LogP contribution in [0.2, 0.25) is 0 Å². The summed E-state index contributed by atoms with van der Waals surface area (Å²) in [7, 11) is 1.49. The third-order valence-corrected chi connectivity index (χ3v) is 3.56. The van der Waals surface area contributed by atoms with Crippen LogP contribution in [0.25, 0.3) is 17.2 Å². The van der Waals surface area contributed by atoms with E-state index in [0.29, 0.717) is 11.3 Å². The first-order chi connectivity index (χ1) is 12.4. The van der Waals surface area contributed by atoms with Crippen LogP contribution >= 0.6 is 0 Å². The fourth-order valence-electron chi connectivity index (χ4n) is 2.46. The molecule has 3 aromatic rings. The van der Waals surface area contributed by atoms with Crippen molar-refractivity contribution < 1.29 is 13.9 Å². The minimum Gasteiger partial charge on any atom is -0.495 e. The average Bonchev–Trinajstić information content (AvgIpc) is 2.94. The van der Waals surface area contributed by atoms with E-state index in [9.17, 15) is 9.18 Å². The highest BCUT2D eigenvalue weighted by Gasteiger charge is 2.20. The number of pyridine rings is 1. The number of rotatable bonds is 4. The maximum atomic E-state index is 14.9. The van der Waals surface area contributed by atoms with Crippen LogP contribution in [0.15, 0.2) is 24.5 Å². The largest absolute Gasteiger partial charge is 0.495 e. The van der Waals surface area contributed by atoms with Crippen LogP contribution < -0.4 is 10.1 Å². The molecule has 0 aliphatic heterocycles. The number of hydrogen-bond acceptors (Lipinski definition) is 6. The molecule has 0 unspecified atom stereocenters. The van der Waals surface area contributed by atoms with E-state index in [0.717, 1.165) is 11.4 Å². The summed E-state index contributed by atoms with van der Waals surface area (Å²) in [4.78, 5) is 23.9. The van der Waals surface area contributed by atoms with E-state index in [1.54, 1.807) is 6.07 Å². The summed E-state index contributed by atoms with van der Waals surface area (Å²) in [6.07, 6.45) is 2.95. The van der Waals surface area contributed by atoms with Gasteiger partial charge in [0.05, 0.1) is 19.0 Å². The first-order valence-corrected chi connectivity index (χ1v) is 7.77. The number of methoxy groups -OCH3 is 1. The Kier molecular flexibility index (Phi) is 4.61. The summed E-state index contributed by atoms with van der Waals surface area (Å²) in [6, 6.07) is 3.44. The Morgan fingerprint density at radius 3 is 2.62 bits per heavy atom. The van der Waals surface area contributed by atoms with E-state index in [-0.39, 0.29) is 17.5 Å². The van der Waals surface area contributed by atoms with Crippen LogP contribution in [0.1, 0.15) is 18.3 Å². The molecule has 0 bridgehead atoms. The second-order valence-electron chi connectivity index (χ2n) is 5.67. The molecule has 0 aliphatic carbocycles. The lowest BCUT2D eigenvalue weighted by atomic mass is 10.2. The summed E-state index contributed by atoms with van der Waals surface area (Å²) in [5, 5.41) is 6.71. The topological polar surface area (TPSA) is 94.8 Å². The van der Waals surface area contributed by atoms with Crippen molar-refractivity contribution in [2.75, 3.05) is 12.4 Å². The fraction of sp³-hybridized carbons (Fsp3) is 0.235. The van der Waals surface area contributed by atoms with Crippen molar-refractivity contribution in [2.24, 2.45) is 0 Å². The molecule has 1 amide bonds. The standard InChI is InChI=1S/C17H17FN6O2/c1-9-5-10(2)24(23-9)17-21-15(12-6-13(26-4)8-19-7-12)14(18)16(22-17)20-11(3)25/h5-8H,1-4H3,(H,20,21,22,25). The molecule has 9 heteroatoms. The van der Waals surface area contributed by atoms with E-state index >= 15 is 0 Å². The van der Waals surface area contributed by atoms with E-state index in [1.807, 2.05) is 19.9 Å². The van der Waals surface area contributed by atoms with Gasteiger partial charge in [-0.2, -0.15) is 10.1 Å². The van der Waals surface area contributed by atoms with Gasteiger partial charge in [-0.3, -0.25) is 9.78 Å². The zero-order chi connectivity index (χ0) is 18.8. The molecule has 3 aromatic heterocycles. The molecule has 3 rings (SSSR count). The van der Waals surface area contributed by atoms with Gasteiger partial charge in [0.15, 0.2) is 11.6 Å². The molecule has 0 aromatic carbocycles. The van der Waals surface area contributed by atoms with Gasteiger partial charge in [0, 0.05) is 24.4 Å². The normalized spacial score (nSPS) is 10.7. The Hall–Kier alpha value is -3.36. The van der Waals surface area contributed by atoms with Gasteiger partial charge in [0.2, 0.25) is 5.91 Å². The third kappa shape index (κ3) is 3.37. The van der Waals surface area contributed by atoms with Gasteiger partial charge in [-0.05, 0) is 26.0 Å². The lowest BCUT2D eigenvalue weighted by Gasteiger charge is -2.11. The quantitative estimate of drug-likeness (QED) is 0.771. The summed E-state index contributed by atoms with van der Waals surface area (Å²) in [5.74, 6) is -0.849. The molecule has 134 valence electrons. The minimum absolute atomic E-state index is 0.0160. The first-order valence-electron chi connectivity index (χ1n) is 7.77. The summed E-state index contributed by atoms with van der Waals surface area (Å²) in [6.45, 7) is 4.93. The molecule has 1 N–H and O–H groups in total. The fourth-order valence-corrected chi connectivity index (χ4v) is 2.46. The second kappa shape index (κ2) is 6.87. The van der Waals surface area contributed by atoms with Crippen LogP contribution in [-0.2, 0) is 4.79 Å². The molecule has 0 aliphatic rings. The molecular weight excluding hydrogens is 339 g/mol. The second-order valence-corrected chi connectivity index (χ2v) is 5.67. The Bertz CT molecular complexity index is 985. The lowest BCUT2D eigenvalue weighted by Crippen LogP contribution is -2.15. The van der Waals surface area contributed by atoms with Crippen LogP contribution in [0.4, 0.5) is 10.2 Å². The number of amides is 1. The summed E-state index contributed by atoms with van der Waals surface area (Å²) >= 11 is 0. The van der Waals surface area contributed by atoms with Crippen LogP contribution in [0.5, 0.6) is 5.75 Å².